The molecule has 1 saturated carbocycles. The summed E-state index contributed by atoms with van der Waals surface area (Å²) in [4.78, 5) is 36.4. The van der Waals surface area contributed by atoms with Crippen LogP contribution in [-0.2, 0) is 9.59 Å². The van der Waals surface area contributed by atoms with Gasteiger partial charge in [0.1, 0.15) is 11.6 Å². The van der Waals surface area contributed by atoms with E-state index in [2.05, 4.69) is 16.0 Å². The maximum atomic E-state index is 14.2. The van der Waals surface area contributed by atoms with Gasteiger partial charge in [0.05, 0.1) is 11.4 Å². The standard InChI is InChI=1S/C22H22FN3O4/c23-16-8-7-15(11-18(16)26-21(28)13-4-2-1-3-5-13)24-22(29)14-6-9-17-19(10-14)30-12-20(27)25-17/h6-11,13H,1-5,12H2,(H,24,29)(H,25,27)(H,26,28). The Labute approximate surface area is 173 Å². The predicted octanol–water partition coefficient (Wildman–Crippen LogP) is 3.93. The van der Waals surface area contributed by atoms with Crippen molar-refractivity contribution in [3.05, 3.63) is 47.8 Å². The molecule has 0 radical (unpaired) electrons. The average molecular weight is 411 g/mol. The molecule has 4 rings (SSSR count). The summed E-state index contributed by atoms with van der Waals surface area (Å²) in [6.45, 7) is -0.111. The van der Waals surface area contributed by atoms with Crippen LogP contribution in [0.1, 0.15) is 42.5 Å². The number of carbonyl (C=O) groups excluding carboxylic acids is 3. The van der Waals surface area contributed by atoms with Gasteiger partial charge in [-0.1, -0.05) is 19.3 Å². The summed E-state index contributed by atoms with van der Waals surface area (Å²) in [6.07, 6.45) is 4.75. The van der Waals surface area contributed by atoms with Crippen LogP contribution >= 0.6 is 0 Å². The van der Waals surface area contributed by atoms with Gasteiger partial charge in [-0.25, -0.2) is 4.39 Å². The fourth-order valence-corrected chi connectivity index (χ4v) is 3.72. The number of amides is 3. The molecule has 7 nitrogen and oxygen atoms in total. The number of hydrogen-bond acceptors (Lipinski definition) is 4. The van der Waals surface area contributed by atoms with E-state index in [1.54, 1.807) is 12.1 Å². The number of rotatable bonds is 4. The van der Waals surface area contributed by atoms with E-state index in [0.29, 0.717) is 22.7 Å². The number of ether oxygens (including phenoxy) is 1. The van der Waals surface area contributed by atoms with Gasteiger partial charge in [-0.05, 0) is 49.2 Å². The molecule has 0 aromatic heterocycles. The summed E-state index contributed by atoms with van der Waals surface area (Å²) < 4.78 is 19.5. The normalized spacial score (nSPS) is 16.1. The molecule has 30 heavy (non-hydrogen) atoms. The lowest BCUT2D eigenvalue weighted by Crippen LogP contribution is -2.25. The Bertz CT molecular complexity index is 1000. The monoisotopic (exact) mass is 411 g/mol. The zero-order chi connectivity index (χ0) is 21.1. The van der Waals surface area contributed by atoms with Crippen molar-refractivity contribution in [3.63, 3.8) is 0 Å². The molecule has 1 aliphatic heterocycles. The lowest BCUT2D eigenvalue weighted by atomic mass is 9.88. The van der Waals surface area contributed by atoms with Crippen LogP contribution in [0.3, 0.4) is 0 Å². The smallest absolute Gasteiger partial charge is 0.262 e. The molecule has 2 aliphatic rings. The zero-order valence-corrected chi connectivity index (χ0v) is 16.3. The Kier molecular flexibility index (Phi) is 5.65. The van der Waals surface area contributed by atoms with Crippen LogP contribution in [-0.4, -0.2) is 24.3 Å². The van der Waals surface area contributed by atoms with Gasteiger partial charge >= 0.3 is 0 Å². The van der Waals surface area contributed by atoms with Crippen molar-refractivity contribution in [1.29, 1.82) is 0 Å². The summed E-state index contributed by atoms with van der Waals surface area (Å²) in [6, 6.07) is 8.71. The molecule has 2 aromatic carbocycles. The second-order valence-corrected chi connectivity index (χ2v) is 7.52. The topological polar surface area (TPSA) is 96.5 Å². The summed E-state index contributed by atoms with van der Waals surface area (Å²) in [5, 5.41) is 8.00. The third-order valence-corrected chi connectivity index (χ3v) is 5.33. The van der Waals surface area contributed by atoms with Gasteiger partial charge in [0.15, 0.2) is 6.61 Å². The summed E-state index contributed by atoms with van der Waals surface area (Å²) in [5.41, 5.74) is 1.21. The minimum Gasteiger partial charge on any atom is -0.482 e. The Morgan fingerprint density at radius 2 is 1.83 bits per heavy atom. The van der Waals surface area contributed by atoms with E-state index in [1.807, 2.05) is 0 Å². The van der Waals surface area contributed by atoms with E-state index >= 15 is 0 Å². The van der Waals surface area contributed by atoms with Gasteiger partial charge in [-0.15, -0.1) is 0 Å². The fraction of sp³-hybridized carbons (Fsp3) is 0.318. The minimum absolute atomic E-state index is 0.0415. The third kappa shape index (κ3) is 4.42. The highest BCUT2D eigenvalue weighted by Gasteiger charge is 2.22. The first-order valence-electron chi connectivity index (χ1n) is 9.98. The summed E-state index contributed by atoms with van der Waals surface area (Å²) in [7, 11) is 0. The maximum Gasteiger partial charge on any atom is 0.262 e. The number of benzene rings is 2. The first kappa shape index (κ1) is 19.9. The van der Waals surface area contributed by atoms with Crippen molar-refractivity contribution in [2.75, 3.05) is 22.6 Å². The fourth-order valence-electron chi connectivity index (χ4n) is 3.72. The van der Waals surface area contributed by atoms with Gasteiger partial charge in [0.2, 0.25) is 5.91 Å². The van der Waals surface area contributed by atoms with Crippen LogP contribution in [0, 0.1) is 11.7 Å². The van der Waals surface area contributed by atoms with Crippen LogP contribution in [0.5, 0.6) is 5.75 Å². The Balaban J connectivity index is 1.45. The molecule has 0 unspecified atom stereocenters. The quantitative estimate of drug-likeness (QED) is 0.710. The van der Waals surface area contributed by atoms with Gasteiger partial charge in [-0.2, -0.15) is 0 Å². The molecule has 3 N–H and O–H groups in total. The Hall–Kier alpha value is -3.42. The van der Waals surface area contributed by atoms with Crippen LogP contribution in [0.15, 0.2) is 36.4 Å². The van der Waals surface area contributed by atoms with E-state index in [9.17, 15) is 18.8 Å². The maximum absolute atomic E-state index is 14.2. The van der Waals surface area contributed by atoms with Crippen LogP contribution in [0.4, 0.5) is 21.5 Å². The van der Waals surface area contributed by atoms with E-state index in [0.717, 1.165) is 32.1 Å². The molecular weight excluding hydrogens is 389 g/mol. The molecule has 0 bridgehead atoms. The van der Waals surface area contributed by atoms with Gasteiger partial charge in [0.25, 0.3) is 11.8 Å². The van der Waals surface area contributed by atoms with Crippen molar-refractivity contribution >= 4 is 34.8 Å². The molecule has 3 amide bonds. The first-order chi connectivity index (χ1) is 14.5. The number of anilines is 3. The van der Waals surface area contributed by atoms with E-state index < -0.39 is 11.7 Å². The third-order valence-electron chi connectivity index (χ3n) is 5.33. The molecule has 0 saturated heterocycles. The molecule has 8 heteroatoms. The van der Waals surface area contributed by atoms with Gasteiger partial charge in [0, 0.05) is 17.2 Å². The number of fused-ring (bicyclic) bond motifs is 1. The van der Waals surface area contributed by atoms with Gasteiger partial charge in [-0.3, -0.25) is 14.4 Å². The summed E-state index contributed by atoms with van der Waals surface area (Å²) in [5.74, 6) is -1.13. The Morgan fingerprint density at radius 1 is 1.03 bits per heavy atom. The van der Waals surface area contributed by atoms with E-state index in [-0.39, 0.29) is 30.0 Å². The number of carbonyl (C=O) groups is 3. The molecule has 2 aromatic rings. The second-order valence-electron chi connectivity index (χ2n) is 7.52. The molecule has 156 valence electrons. The zero-order valence-electron chi connectivity index (χ0n) is 16.3. The number of halogens is 1. The number of hydrogen-bond donors (Lipinski definition) is 3. The van der Waals surface area contributed by atoms with Crippen molar-refractivity contribution in [2.45, 2.75) is 32.1 Å². The van der Waals surface area contributed by atoms with Crippen molar-refractivity contribution in [2.24, 2.45) is 5.92 Å². The van der Waals surface area contributed by atoms with Crippen LogP contribution in [0.2, 0.25) is 0 Å². The average Bonchev–Trinajstić information content (AvgIpc) is 2.76. The molecule has 0 atom stereocenters. The van der Waals surface area contributed by atoms with Crippen molar-refractivity contribution in [3.8, 4) is 5.75 Å². The summed E-state index contributed by atoms with van der Waals surface area (Å²) >= 11 is 0. The number of nitrogens with one attached hydrogen (secondary N) is 3. The van der Waals surface area contributed by atoms with Crippen LogP contribution in [0.25, 0.3) is 0 Å². The molecule has 1 heterocycles. The van der Waals surface area contributed by atoms with Crippen molar-refractivity contribution in [1.82, 2.24) is 0 Å². The largest absolute Gasteiger partial charge is 0.482 e. The first-order valence-corrected chi connectivity index (χ1v) is 9.98. The second kappa shape index (κ2) is 8.52. The lowest BCUT2D eigenvalue weighted by molar-refractivity contribution is -0.121. The van der Waals surface area contributed by atoms with Gasteiger partial charge < -0.3 is 20.7 Å². The highest BCUT2D eigenvalue weighted by Crippen LogP contribution is 2.30. The SMILES string of the molecule is O=C1COc2cc(C(=O)Nc3ccc(F)c(NC(=O)C4CCCCC4)c3)ccc2N1. The van der Waals surface area contributed by atoms with Crippen LogP contribution < -0.4 is 20.7 Å². The van der Waals surface area contributed by atoms with E-state index in [4.69, 9.17) is 4.74 Å². The predicted molar refractivity (Wildman–Crippen MR) is 110 cm³/mol. The minimum atomic E-state index is -0.560. The molecule has 0 spiro atoms. The van der Waals surface area contributed by atoms with Crippen molar-refractivity contribution < 1.29 is 23.5 Å². The highest BCUT2D eigenvalue weighted by molar-refractivity contribution is 6.06. The Morgan fingerprint density at radius 3 is 2.63 bits per heavy atom. The van der Waals surface area contributed by atoms with E-state index in [1.165, 1.54) is 24.3 Å². The molecule has 1 aliphatic carbocycles. The molecule has 1 fully saturated rings. The molecular formula is C22H22FN3O4. The lowest BCUT2D eigenvalue weighted by Gasteiger charge is -2.21. The highest BCUT2D eigenvalue weighted by atomic mass is 19.1.